The summed E-state index contributed by atoms with van der Waals surface area (Å²) in [6.07, 6.45) is 7.44. The van der Waals surface area contributed by atoms with Gasteiger partial charge in [0, 0.05) is 17.5 Å². The second-order valence-corrected chi connectivity index (χ2v) is 13.9. The van der Waals surface area contributed by atoms with Gasteiger partial charge in [0.15, 0.2) is 0 Å². The highest BCUT2D eigenvalue weighted by molar-refractivity contribution is 7.98. The smallest absolute Gasteiger partial charge is 0.264 e. The summed E-state index contributed by atoms with van der Waals surface area (Å²) in [5, 5.41) is 3.18. The van der Waals surface area contributed by atoms with Crippen LogP contribution in [0.5, 0.6) is 5.75 Å². The largest absolute Gasteiger partial charge is 0.497 e. The number of aryl methyl sites for hydroxylation is 1. The first-order valence-corrected chi connectivity index (χ1v) is 17.8. The van der Waals surface area contributed by atoms with Crippen LogP contribution in [-0.4, -0.2) is 57.1 Å². The number of carbonyl (C=O) groups is 2. The maximum atomic E-state index is 14.3. The number of rotatable bonds is 13. The van der Waals surface area contributed by atoms with E-state index in [0.717, 1.165) is 52.4 Å². The number of methoxy groups -OCH3 is 1. The molecule has 3 aromatic carbocycles. The van der Waals surface area contributed by atoms with E-state index < -0.39 is 28.5 Å². The van der Waals surface area contributed by atoms with E-state index in [-0.39, 0.29) is 23.4 Å². The van der Waals surface area contributed by atoms with Gasteiger partial charge in [-0.05, 0) is 86.5 Å². The lowest BCUT2D eigenvalue weighted by atomic mass is 9.95. The molecule has 0 spiro atoms. The molecule has 44 heavy (non-hydrogen) atoms. The molecule has 0 heterocycles. The number of nitrogens with zero attached hydrogens (tertiary/aromatic N) is 2. The van der Waals surface area contributed by atoms with Gasteiger partial charge in [-0.1, -0.05) is 56.0 Å². The lowest BCUT2D eigenvalue weighted by molar-refractivity contribution is -0.140. The summed E-state index contributed by atoms with van der Waals surface area (Å²) in [5.41, 5.74) is 2.15. The van der Waals surface area contributed by atoms with Crippen molar-refractivity contribution in [2.24, 2.45) is 0 Å². The SMILES string of the molecule is CCC(C(=O)NC1CCCCC1)N(Cc1ccc(OC)cc1)C(=O)CN(c1ccc(C)cc1)S(=O)(=O)c1ccc(SC)cc1. The zero-order valence-electron chi connectivity index (χ0n) is 26.0. The van der Waals surface area contributed by atoms with Crippen molar-refractivity contribution < 1.29 is 22.7 Å². The molecular formula is C34H43N3O5S2. The van der Waals surface area contributed by atoms with Gasteiger partial charge in [0.05, 0.1) is 17.7 Å². The summed E-state index contributed by atoms with van der Waals surface area (Å²) in [6, 6.07) is 20.3. The highest BCUT2D eigenvalue weighted by Crippen LogP contribution is 2.27. The molecule has 4 rings (SSSR count). The van der Waals surface area contributed by atoms with Crippen LogP contribution in [-0.2, 0) is 26.2 Å². The number of hydrogen-bond donors (Lipinski definition) is 1. The first-order chi connectivity index (χ1) is 21.2. The Balaban J connectivity index is 1.70. The van der Waals surface area contributed by atoms with Crippen molar-refractivity contribution >= 4 is 39.3 Å². The van der Waals surface area contributed by atoms with Crippen molar-refractivity contribution in [1.82, 2.24) is 10.2 Å². The Morgan fingerprint density at radius 2 is 1.59 bits per heavy atom. The fraction of sp³-hybridized carbons (Fsp3) is 0.412. The number of thioether (sulfide) groups is 1. The highest BCUT2D eigenvalue weighted by atomic mass is 32.2. The van der Waals surface area contributed by atoms with Crippen molar-refractivity contribution in [3.05, 3.63) is 83.9 Å². The first-order valence-electron chi connectivity index (χ1n) is 15.1. The summed E-state index contributed by atoms with van der Waals surface area (Å²) >= 11 is 1.52. The van der Waals surface area contributed by atoms with E-state index in [1.165, 1.54) is 16.7 Å². The minimum absolute atomic E-state index is 0.0805. The monoisotopic (exact) mass is 637 g/mol. The minimum atomic E-state index is -4.12. The zero-order valence-corrected chi connectivity index (χ0v) is 27.6. The molecule has 10 heteroatoms. The molecule has 0 aliphatic heterocycles. The fourth-order valence-electron chi connectivity index (χ4n) is 5.51. The van der Waals surface area contributed by atoms with Crippen molar-refractivity contribution in [3.8, 4) is 5.75 Å². The average molecular weight is 638 g/mol. The van der Waals surface area contributed by atoms with E-state index in [1.807, 2.05) is 56.5 Å². The molecule has 0 bridgehead atoms. The van der Waals surface area contributed by atoms with Gasteiger partial charge in [0.2, 0.25) is 11.8 Å². The summed E-state index contributed by atoms with van der Waals surface area (Å²) in [5.74, 6) is 0.00726. The van der Waals surface area contributed by atoms with Crippen molar-refractivity contribution in [2.45, 2.75) is 80.8 Å². The van der Waals surface area contributed by atoms with Gasteiger partial charge in [0.1, 0.15) is 18.3 Å². The molecular weight excluding hydrogens is 595 g/mol. The van der Waals surface area contributed by atoms with E-state index in [9.17, 15) is 18.0 Å². The molecule has 3 aromatic rings. The molecule has 1 saturated carbocycles. The minimum Gasteiger partial charge on any atom is -0.497 e. The van der Waals surface area contributed by atoms with Crippen LogP contribution in [0, 0.1) is 6.92 Å². The number of amides is 2. The summed E-state index contributed by atoms with van der Waals surface area (Å²) in [4.78, 5) is 30.5. The Morgan fingerprint density at radius 1 is 0.955 bits per heavy atom. The Morgan fingerprint density at radius 3 is 2.16 bits per heavy atom. The van der Waals surface area contributed by atoms with Crippen molar-refractivity contribution in [1.29, 1.82) is 0 Å². The molecule has 1 atom stereocenters. The standard InChI is InChI=1S/C34H43N3O5S2/c1-5-32(34(39)35-27-9-7-6-8-10-27)36(23-26-13-17-29(42-3)18-14-26)33(38)24-37(28-15-11-25(2)12-16-28)44(40,41)31-21-19-30(43-4)20-22-31/h11-22,27,32H,5-10,23-24H2,1-4H3,(H,35,39). The number of nitrogens with one attached hydrogen (secondary N) is 1. The third-order valence-corrected chi connectivity index (χ3v) is 10.6. The van der Waals surface area contributed by atoms with Crippen molar-refractivity contribution in [2.75, 3.05) is 24.2 Å². The number of ether oxygens (including phenoxy) is 1. The van der Waals surface area contributed by atoms with Crippen molar-refractivity contribution in [3.63, 3.8) is 0 Å². The topological polar surface area (TPSA) is 96.0 Å². The van der Waals surface area contributed by atoms with E-state index in [2.05, 4.69) is 5.32 Å². The summed E-state index contributed by atoms with van der Waals surface area (Å²) < 4.78 is 34.6. The third kappa shape index (κ3) is 8.35. The van der Waals surface area contributed by atoms with Crippen LogP contribution in [0.4, 0.5) is 5.69 Å². The van der Waals surface area contributed by atoms with Crippen LogP contribution in [0.1, 0.15) is 56.6 Å². The molecule has 2 amide bonds. The molecule has 1 aliphatic carbocycles. The molecule has 0 radical (unpaired) electrons. The van der Waals surface area contributed by atoms with Gasteiger partial charge in [-0.2, -0.15) is 0 Å². The average Bonchev–Trinajstić information content (AvgIpc) is 3.04. The van der Waals surface area contributed by atoms with Crippen LogP contribution >= 0.6 is 11.8 Å². The molecule has 1 fully saturated rings. The van der Waals surface area contributed by atoms with Gasteiger partial charge in [0.25, 0.3) is 10.0 Å². The maximum Gasteiger partial charge on any atom is 0.264 e. The number of benzene rings is 3. The highest BCUT2D eigenvalue weighted by Gasteiger charge is 2.34. The molecule has 1 N–H and O–H groups in total. The van der Waals surface area contributed by atoms with Crippen LogP contribution in [0.2, 0.25) is 0 Å². The number of carbonyl (C=O) groups excluding carboxylic acids is 2. The van der Waals surface area contributed by atoms with E-state index in [1.54, 1.807) is 43.5 Å². The van der Waals surface area contributed by atoms with E-state index >= 15 is 0 Å². The maximum absolute atomic E-state index is 14.3. The van der Waals surface area contributed by atoms with Gasteiger partial charge < -0.3 is 15.0 Å². The van der Waals surface area contributed by atoms with Gasteiger partial charge >= 0.3 is 0 Å². The van der Waals surface area contributed by atoms with Crippen LogP contribution in [0.25, 0.3) is 0 Å². The quantitative estimate of drug-likeness (QED) is 0.225. The van der Waals surface area contributed by atoms with Crippen LogP contribution in [0.3, 0.4) is 0 Å². The van der Waals surface area contributed by atoms with E-state index in [4.69, 9.17) is 4.74 Å². The lowest BCUT2D eigenvalue weighted by Gasteiger charge is -2.34. The molecule has 236 valence electrons. The predicted octanol–water partition coefficient (Wildman–Crippen LogP) is 6.18. The molecule has 8 nitrogen and oxygen atoms in total. The van der Waals surface area contributed by atoms with E-state index in [0.29, 0.717) is 17.9 Å². The molecule has 0 saturated heterocycles. The van der Waals surface area contributed by atoms with Crippen LogP contribution in [0.15, 0.2) is 82.6 Å². The molecule has 1 aliphatic rings. The number of sulfonamides is 1. The Kier molecular flexibility index (Phi) is 11.7. The van der Waals surface area contributed by atoms with Gasteiger partial charge in [-0.25, -0.2) is 8.42 Å². The van der Waals surface area contributed by atoms with Gasteiger partial charge in [-0.15, -0.1) is 11.8 Å². The molecule has 0 aromatic heterocycles. The third-order valence-electron chi connectivity index (χ3n) is 8.10. The number of hydrogen-bond acceptors (Lipinski definition) is 6. The fourth-order valence-corrected chi connectivity index (χ4v) is 7.33. The first kappa shape index (κ1) is 33.4. The normalized spacial score (nSPS) is 14.5. The zero-order chi connectivity index (χ0) is 31.7. The summed E-state index contributed by atoms with van der Waals surface area (Å²) in [7, 11) is -2.53. The second-order valence-electron chi connectivity index (χ2n) is 11.2. The summed E-state index contributed by atoms with van der Waals surface area (Å²) in [6.45, 7) is 3.48. The Hall–Kier alpha value is -3.50. The van der Waals surface area contributed by atoms with Crippen LogP contribution < -0.4 is 14.4 Å². The van der Waals surface area contributed by atoms with Gasteiger partial charge in [-0.3, -0.25) is 13.9 Å². The molecule has 1 unspecified atom stereocenters. The second kappa shape index (κ2) is 15.5. The Labute approximate surface area is 266 Å². The predicted molar refractivity (Wildman–Crippen MR) is 177 cm³/mol. The Bertz CT molecular complexity index is 1490. The number of anilines is 1. The lowest BCUT2D eigenvalue weighted by Crippen LogP contribution is -2.54.